The van der Waals surface area contributed by atoms with Crippen molar-refractivity contribution in [2.75, 3.05) is 33.0 Å². The van der Waals surface area contributed by atoms with Crippen LogP contribution in [0.2, 0.25) is 10.0 Å². The third kappa shape index (κ3) is 3.97. The minimum absolute atomic E-state index is 0.0469. The summed E-state index contributed by atoms with van der Waals surface area (Å²) < 4.78 is 10.8. The molecule has 2 N–H and O–H groups in total. The summed E-state index contributed by atoms with van der Waals surface area (Å²) >= 11 is 12.2. The summed E-state index contributed by atoms with van der Waals surface area (Å²) in [6, 6.07) is 3.74. The summed E-state index contributed by atoms with van der Waals surface area (Å²) in [6.45, 7) is 2.30. The van der Waals surface area contributed by atoms with Crippen molar-refractivity contribution in [1.29, 1.82) is 0 Å². The van der Waals surface area contributed by atoms with Gasteiger partial charge in [-0.1, -0.05) is 23.2 Å². The van der Waals surface area contributed by atoms with Crippen LogP contribution in [0.25, 0.3) is 0 Å². The molecule has 106 valence electrons. The molecule has 0 fully saturated rings. The maximum Gasteiger partial charge on any atom is 0.142 e. The summed E-state index contributed by atoms with van der Waals surface area (Å²) in [5.74, 6) is 0.714. The number of fused-ring (bicyclic) bond motifs is 1. The van der Waals surface area contributed by atoms with E-state index in [-0.39, 0.29) is 12.6 Å². The minimum Gasteiger partial charge on any atom is -0.492 e. The Kier molecular flexibility index (Phi) is 5.73. The maximum absolute atomic E-state index is 8.61. The molecule has 1 unspecified atom stereocenters. The second kappa shape index (κ2) is 7.31. The highest BCUT2D eigenvalue weighted by Gasteiger charge is 2.23. The molecule has 0 aromatic heterocycles. The van der Waals surface area contributed by atoms with Gasteiger partial charge in [-0.05, 0) is 12.1 Å². The van der Waals surface area contributed by atoms with Gasteiger partial charge in [0.1, 0.15) is 5.75 Å². The van der Waals surface area contributed by atoms with Crippen LogP contribution in [0, 0.1) is 0 Å². The molecule has 6 heteroatoms. The lowest BCUT2D eigenvalue weighted by atomic mass is 10.0. The molecule has 1 heterocycles. The van der Waals surface area contributed by atoms with Crippen molar-refractivity contribution in [2.24, 2.45) is 0 Å². The number of hydrogen-bond donors (Lipinski definition) is 2. The Bertz CT molecular complexity index is 429. The Balaban J connectivity index is 1.97. The van der Waals surface area contributed by atoms with Crippen LogP contribution in [-0.2, 0) is 4.74 Å². The zero-order valence-electron chi connectivity index (χ0n) is 10.5. The van der Waals surface area contributed by atoms with Crippen molar-refractivity contribution in [3.63, 3.8) is 0 Å². The van der Waals surface area contributed by atoms with Gasteiger partial charge in [0.25, 0.3) is 0 Å². The Hall–Kier alpha value is -0.520. The van der Waals surface area contributed by atoms with Crippen molar-refractivity contribution < 1.29 is 14.6 Å². The fourth-order valence-corrected chi connectivity index (χ4v) is 2.67. The predicted molar refractivity (Wildman–Crippen MR) is 75.2 cm³/mol. The lowest BCUT2D eigenvalue weighted by molar-refractivity contribution is 0.0915. The monoisotopic (exact) mass is 305 g/mol. The maximum atomic E-state index is 8.61. The SMILES string of the molecule is OCCOCCNC1CCOc2c(Cl)cc(Cl)cc21. The standard InChI is InChI=1S/C13H17Cl2NO3/c14-9-7-10-12(16-2-5-18-6-3-17)1-4-19-13(10)11(15)8-9/h7-8,12,16-17H,1-6H2. The van der Waals surface area contributed by atoms with Crippen LogP contribution in [-0.4, -0.2) is 38.1 Å². The molecule has 0 saturated carbocycles. The summed E-state index contributed by atoms with van der Waals surface area (Å²) in [4.78, 5) is 0. The van der Waals surface area contributed by atoms with E-state index in [0.717, 1.165) is 12.0 Å². The number of halogens is 2. The highest BCUT2D eigenvalue weighted by atomic mass is 35.5. The van der Waals surface area contributed by atoms with Gasteiger partial charge in [0, 0.05) is 29.6 Å². The third-order valence-corrected chi connectivity index (χ3v) is 3.44. The molecular weight excluding hydrogens is 289 g/mol. The van der Waals surface area contributed by atoms with Crippen LogP contribution in [0.5, 0.6) is 5.75 Å². The van der Waals surface area contributed by atoms with Gasteiger partial charge in [-0.3, -0.25) is 0 Å². The van der Waals surface area contributed by atoms with Crippen LogP contribution in [0.15, 0.2) is 12.1 Å². The lowest BCUT2D eigenvalue weighted by Crippen LogP contribution is -2.30. The minimum atomic E-state index is 0.0469. The Labute approximate surface area is 122 Å². The molecule has 1 aromatic carbocycles. The summed E-state index contributed by atoms with van der Waals surface area (Å²) in [7, 11) is 0. The molecule has 1 aromatic rings. The number of aliphatic hydroxyl groups excluding tert-OH is 1. The van der Waals surface area contributed by atoms with Gasteiger partial charge in [-0.15, -0.1) is 0 Å². The first-order valence-electron chi connectivity index (χ1n) is 6.26. The quantitative estimate of drug-likeness (QED) is 0.793. The molecule has 1 atom stereocenters. The molecule has 4 nitrogen and oxygen atoms in total. The zero-order chi connectivity index (χ0) is 13.7. The predicted octanol–water partition coefficient (Wildman–Crippen LogP) is 2.42. The van der Waals surface area contributed by atoms with E-state index in [1.165, 1.54) is 0 Å². The fraction of sp³-hybridized carbons (Fsp3) is 0.538. The number of rotatable bonds is 6. The summed E-state index contributed by atoms with van der Waals surface area (Å²) in [6.07, 6.45) is 0.865. The van der Waals surface area contributed by atoms with Crippen LogP contribution >= 0.6 is 23.2 Å². The topological polar surface area (TPSA) is 50.7 Å². The van der Waals surface area contributed by atoms with Crippen molar-refractivity contribution in [3.8, 4) is 5.75 Å². The molecule has 0 bridgehead atoms. The van der Waals surface area contributed by atoms with E-state index in [2.05, 4.69) is 5.32 Å². The summed E-state index contributed by atoms with van der Waals surface area (Å²) in [5, 5.41) is 13.2. The lowest BCUT2D eigenvalue weighted by Gasteiger charge is -2.27. The number of aliphatic hydroxyl groups is 1. The van der Waals surface area contributed by atoms with E-state index in [4.69, 9.17) is 37.8 Å². The smallest absolute Gasteiger partial charge is 0.142 e. The molecule has 0 spiro atoms. The van der Waals surface area contributed by atoms with Crippen molar-refractivity contribution >= 4 is 23.2 Å². The zero-order valence-corrected chi connectivity index (χ0v) is 12.0. The third-order valence-electron chi connectivity index (χ3n) is 2.94. The molecule has 0 saturated heterocycles. The first-order chi connectivity index (χ1) is 9.22. The number of benzene rings is 1. The van der Waals surface area contributed by atoms with Gasteiger partial charge in [0.15, 0.2) is 0 Å². The molecule has 0 radical (unpaired) electrons. The molecule has 1 aliphatic rings. The van der Waals surface area contributed by atoms with Crippen LogP contribution in [0.4, 0.5) is 0 Å². The number of hydrogen-bond acceptors (Lipinski definition) is 4. The Morgan fingerprint density at radius 1 is 1.37 bits per heavy atom. The molecule has 0 amide bonds. The van der Waals surface area contributed by atoms with Gasteiger partial charge < -0.3 is 19.9 Å². The second-order valence-electron chi connectivity index (χ2n) is 4.29. The van der Waals surface area contributed by atoms with E-state index < -0.39 is 0 Å². The number of nitrogens with one attached hydrogen (secondary N) is 1. The van der Waals surface area contributed by atoms with Gasteiger partial charge in [-0.2, -0.15) is 0 Å². The van der Waals surface area contributed by atoms with E-state index in [1.807, 2.05) is 6.07 Å². The van der Waals surface area contributed by atoms with Crippen LogP contribution in [0.3, 0.4) is 0 Å². The molecule has 0 aliphatic carbocycles. The second-order valence-corrected chi connectivity index (χ2v) is 5.13. The average molecular weight is 306 g/mol. The van der Waals surface area contributed by atoms with Crippen molar-refractivity contribution in [2.45, 2.75) is 12.5 Å². The van der Waals surface area contributed by atoms with E-state index in [9.17, 15) is 0 Å². The Morgan fingerprint density at radius 2 is 2.21 bits per heavy atom. The van der Waals surface area contributed by atoms with Crippen molar-refractivity contribution in [3.05, 3.63) is 27.7 Å². The van der Waals surface area contributed by atoms with E-state index in [1.54, 1.807) is 6.07 Å². The van der Waals surface area contributed by atoms with Gasteiger partial charge in [0.2, 0.25) is 0 Å². The first-order valence-corrected chi connectivity index (χ1v) is 7.01. The highest BCUT2D eigenvalue weighted by Crippen LogP contribution is 2.39. The van der Waals surface area contributed by atoms with Crippen molar-refractivity contribution in [1.82, 2.24) is 5.32 Å². The first kappa shape index (κ1) is 14.9. The fourth-order valence-electron chi connectivity index (χ4n) is 2.11. The molecule has 1 aliphatic heterocycles. The van der Waals surface area contributed by atoms with Gasteiger partial charge in [-0.25, -0.2) is 0 Å². The van der Waals surface area contributed by atoms with Crippen LogP contribution < -0.4 is 10.1 Å². The Morgan fingerprint density at radius 3 is 3.00 bits per heavy atom. The van der Waals surface area contributed by atoms with Gasteiger partial charge >= 0.3 is 0 Å². The van der Waals surface area contributed by atoms with Gasteiger partial charge in [0.05, 0.1) is 31.5 Å². The molecule has 2 rings (SSSR count). The van der Waals surface area contributed by atoms with Crippen LogP contribution in [0.1, 0.15) is 18.0 Å². The molecule has 19 heavy (non-hydrogen) atoms. The average Bonchev–Trinajstić information content (AvgIpc) is 2.39. The number of ether oxygens (including phenoxy) is 2. The highest BCUT2D eigenvalue weighted by molar-refractivity contribution is 6.35. The molecular formula is C13H17Cl2NO3. The normalized spacial score (nSPS) is 17.9. The largest absolute Gasteiger partial charge is 0.492 e. The van der Waals surface area contributed by atoms with E-state index >= 15 is 0 Å². The summed E-state index contributed by atoms with van der Waals surface area (Å²) in [5.41, 5.74) is 0.992. The van der Waals surface area contributed by atoms with E-state index in [0.29, 0.717) is 42.2 Å².